The number of halogens is 1. The van der Waals surface area contributed by atoms with Crippen LogP contribution in [0.25, 0.3) is 5.69 Å². The molecule has 1 amide bonds. The number of aromatic nitrogens is 2. The molecule has 0 bridgehead atoms. The van der Waals surface area contributed by atoms with E-state index in [1.165, 1.54) is 17.0 Å². The Morgan fingerprint density at radius 2 is 1.74 bits per heavy atom. The van der Waals surface area contributed by atoms with Gasteiger partial charge in [-0.1, -0.05) is 42.6 Å². The van der Waals surface area contributed by atoms with Crippen molar-refractivity contribution in [3.63, 3.8) is 0 Å². The molecule has 1 heterocycles. The zero-order valence-corrected chi connectivity index (χ0v) is 18.8. The van der Waals surface area contributed by atoms with E-state index in [4.69, 9.17) is 11.6 Å². The lowest BCUT2D eigenvalue weighted by Crippen LogP contribution is -2.50. The smallest absolute Gasteiger partial charge is 0.244 e. The second kappa shape index (κ2) is 8.48. The summed E-state index contributed by atoms with van der Waals surface area (Å²) in [7, 11) is -2.21. The maximum Gasteiger partial charge on any atom is 0.244 e. The summed E-state index contributed by atoms with van der Waals surface area (Å²) in [5, 5.41) is 4.82. The van der Waals surface area contributed by atoms with Crippen molar-refractivity contribution in [3.8, 4) is 5.69 Å². The molecule has 0 N–H and O–H groups in total. The van der Waals surface area contributed by atoms with Crippen LogP contribution in [0.15, 0.2) is 71.9 Å². The predicted octanol–water partition coefficient (Wildman–Crippen LogP) is 4.27. The Balaban J connectivity index is 1.59. The van der Waals surface area contributed by atoms with Crippen molar-refractivity contribution in [1.82, 2.24) is 14.7 Å². The van der Waals surface area contributed by atoms with Crippen LogP contribution in [0, 0.1) is 0 Å². The van der Waals surface area contributed by atoms with Gasteiger partial charge in [0, 0.05) is 30.4 Å². The minimum atomic E-state index is -3.86. The summed E-state index contributed by atoms with van der Waals surface area (Å²) in [6, 6.07) is 15.7. The number of hydrogen-bond donors (Lipinski definition) is 0. The average molecular weight is 458 g/mol. The number of carbonyl (C=O) groups excluding carboxylic acids is 1. The highest BCUT2D eigenvalue weighted by Gasteiger charge is 2.54. The number of benzene rings is 2. The molecule has 0 radical (unpaired) electrons. The first kappa shape index (κ1) is 21.6. The van der Waals surface area contributed by atoms with Gasteiger partial charge in [-0.3, -0.25) is 4.79 Å². The summed E-state index contributed by atoms with van der Waals surface area (Å²) < 4.78 is 27.4. The summed E-state index contributed by atoms with van der Waals surface area (Å²) in [5.41, 5.74) is 1.75. The van der Waals surface area contributed by atoms with Gasteiger partial charge in [-0.15, -0.1) is 0 Å². The van der Waals surface area contributed by atoms with Crippen molar-refractivity contribution < 1.29 is 13.2 Å². The number of hydrogen-bond acceptors (Lipinski definition) is 4. The third-order valence-electron chi connectivity index (χ3n) is 5.86. The van der Waals surface area contributed by atoms with Crippen LogP contribution in [0.2, 0.25) is 5.02 Å². The highest BCUT2D eigenvalue weighted by Crippen LogP contribution is 2.42. The maximum atomic E-state index is 13.5. The van der Waals surface area contributed by atoms with Crippen LogP contribution >= 0.6 is 11.6 Å². The van der Waals surface area contributed by atoms with Gasteiger partial charge in [-0.25, -0.2) is 13.1 Å². The Labute approximate surface area is 187 Å². The molecule has 8 heteroatoms. The first-order valence-electron chi connectivity index (χ1n) is 10.2. The molecule has 1 fully saturated rings. The maximum absolute atomic E-state index is 13.5. The minimum Gasteiger partial charge on any atom is -0.340 e. The molecule has 1 aliphatic rings. The number of para-hydroxylation sites is 1. The molecule has 0 aliphatic heterocycles. The Morgan fingerprint density at radius 1 is 1.10 bits per heavy atom. The van der Waals surface area contributed by atoms with Crippen LogP contribution in [-0.4, -0.2) is 40.8 Å². The molecule has 1 aromatic heterocycles. The quantitative estimate of drug-likeness (QED) is 0.554. The zero-order chi connectivity index (χ0) is 22.1. The van der Waals surface area contributed by atoms with E-state index in [2.05, 4.69) is 5.10 Å². The molecule has 0 atom stereocenters. The topological polar surface area (TPSA) is 72.3 Å². The van der Waals surface area contributed by atoms with Crippen molar-refractivity contribution >= 4 is 27.3 Å². The van der Waals surface area contributed by atoms with Crippen molar-refractivity contribution in [2.24, 2.45) is 0 Å². The molecule has 0 saturated heterocycles. The molecule has 6 nitrogen and oxygen atoms in total. The normalized spacial score (nSPS) is 15.7. The van der Waals surface area contributed by atoms with E-state index >= 15 is 0 Å². The number of rotatable bonds is 6. The van der Waals surface area contributed by atoms with Gasteiger partial charge in [0.05, 0.1) is 16.8 Å². The summed E-state index contributed by atoms with van der Waals surface area (Å²) in [6.45, 7) is 0.281. The van der Waals surface area contributed by atoms with E-state index < -0.39 is 14.6 Å². The van der Waals surface area contributed by atoms with Crippen LogP contribution in [0.4, 0.5) is 0 Å². The van der Waals surface area contributed by atoms with Crippen LogP contribution in [0.1, 0.15) is 31.2 Å². The number of carbonyl (C=O) groups is 1. The first-order chi connectivity index (χ1) is 14.8. The monoisotopic (exact) mass is 457 g/mol. The van der Waals surface area contributed by atoms with Gasteiger partial charge in [-0.05, 0) is 49.2 Å². The van der Waals surface area contributed by atoms with Crippen molar-refractivity contribution in [3.05, 3.63) is 77.6 Å². The van der Waals surface area contributed by atoms with E-state index in [1.54, 1.807) is 30.1 Å². The summed E-state index contributed by atoms with van der Waals surface area (Å²) in [4.78, 5) is 15.2. The number of sulfone groups is 1. The van der Waals surface area contributed by atoms with Crippen molar-refractivity contribution in [1.29, 1.82) is 0 Å². The Bertz CT molecular complexity index is 1170. The molecule has 4 rings (SSSR count). The van der Waals surface area contributed by atoms with Crippen molar-refractivity contribution in [2.75, 3.05) is 7.05 Å². The zero-order valence-electron chi connectivity index (χ0n) is 17.2. The fourth-order valence-electron chi connectivity index (χ4n) is 4.24. The lowest BCUT2D eigenvalue weighted by Gasteiger charge is -2.32. The molecule has 1 saturated carbocycles. The van der Waals surface area contributed by atoms with Gasteiger partial charge < -0.3 is 4.90 Å². The molecule has 0 spiro atoms. The van der Waals surface area contributed by atoms with Gasteiger partial charge >= 0.3 is 0 Å². The molecule has 0 unspecified atom stereocenters. The highest BCUT2D eigenvalue weighted by atomic mass is 35.5. The second-order valence-corrected chi connectivity index (χ2v) is 10.6. The molecule has 31 heavy (non-hydrogen) atoms. The van der Waals surface area contributed by atoms with Gasteiger partial charge in [-0.2, -0.15) is 5.10 Å². The second-order valence-electron chi connectivity index (χ2n) is 7.95. The largest absolute Gasteiger partial charge is 0.340 e. The number of amides is 1. The molecular weight excluding hydrogens is 434 g/mol. The highest BCUT2D eigenvalue weighted by molar-refractivity contribution is 7.93. The fourth-order valence-corrected chi connectivity index (χ4v) is 6.52. The van der Waals surface area contributed by atoms with E-state index in [-0.39, 0.29) is 17.3 Å². The third kappa shape index (κ3) is 4.00. The lowest BCUT2D eigenvalue weighted by molar-refractivity contribution is -0.133. The summed E-state index contributed by atoms with van der Waals surface area (Å²) in [5.74, 6) is -0.368. The van der Waals surface area contributed by atoms with Gasteiger partial charge in [0.1, 0.15) is 0 Å². The molecular formula is C23H24ClN3O3S. The summed E-state index contributed by atoms with van der Waals surface area (Å²) in [6.07, 6.45) is 5.62. The predicted molar refractivity (Wildman–Crippen MR) is 120 cm³/mol. The van der Waals surface area contributed by atoms with Gasteiger partial charge in [0.25, 0.3) is 0 Å². The SMILES string of the molecule is CN(Cc1cnn(-c2ccccc2)c1)C(=O)C1(S(=O)(=O)c2ccc(Cl)cc2)CCCC1. The van der Waals surface area contributed by atoms with E-state index in [1.807, 2.05) is 36.5 Å². The molecule has 2 aromatic carbocycles. The number of nitrogens with zero attached hydrogens (tertiary/aromatic N) is 3. The van der Waals surface area contributed by atoms with Gasteiger partial charge in [0.2, 0.25) is 5.91 Å². The van der Waals surface area contributed by atoms with E-state index in [9.17, 15) is 13.2 Å². The Hall–Kier alpha value is -2.64. The average Bonchev–Trinajstić information content (AvgIpc) is 3.45. The molecule has 1 aliphatic carbocycles. The fraction of sp³-hybridized carbons (Fsp3) is 0.304. The van der Waals surface area contributed by atoms with E-state index in [0.29, 0.717) is 30.7 Å². The van der Waals surface area contributed by atoms with E-state index in [0.717, 1.165) is 11.3 Å². The Morgan fingerprint density at radius 3 is 2.39 bits per heavy atom. The molecule has 162 valence electrons. The van der Waals surface area contributed by atoms with Gasteiger partial charge in [0.15, 0.2) is 14.6 Å². The molecule has 3 aromatic rings. The van der Waals surface area contributed by atoms with Crippen LogP contribution in [0.5, 0.6) is 0 Å². The summed E-state index contributed by atoms with van der Waals surface area (Å²) >= 11 is 5.93. The first-order valence-corrected chi connectivity index (χ1v) is 12.0. The van der Waals surface area contributed by atoms with Crippen LogP contribution in [-0.2, 0) is 21.2 Å². The van der Waals surface area contributed by atoms with Crippen LogP contribution in [0.3, 0.4) is 0 Å². The standard InChI is InChI=1S/C23H24ClN3O3S/c1-26(16-18-15-25-27(17-18)20-7-3-2-4-8-20)22(28)23(13-5-6-14-23)31(29,30)21-11-9-19(24)10-12-21/h2-4,7-12,15,17H,5-6,13-14,16H2,1H3. The Kier molecular flexibility index (Phi) is 5.90. The van der Waals surface area contributed by atoms with Crippen LogP contribution < -0.4 is 0 Å². The third-order valence-corrected chi connectivity index (χ3v) is 8.62. The lowest BCUT2D eigenvalue weighted by atomic mass is 10.1. The van der Waals surface area contributed by atoms with Crippen molar-refractivity contribution in [2.45, 2.75) is 41.9 Å². The minimum absolute atomic E-state index is 0.137.